The van der Waals surface area contributed by atoms with Gasteiger partial charge in [-0.1, -0.05) is 6.07 Å². The van der Waals surface area contributed by atoms with E-state index in [1.807, 2.05) is 24.1 Å². The molecule has 2 amide bonds. The number of nitrogens with zero attached hydrogens (tertiary/aromatic N) is 2. The number of likely N-dealkylation sites (tertiary alicyclic amines) is 1. The first-order valence-electron chi connectivity index (χ1n) is 6.79. The van der Waals surface area contributed by atoms with Gasteiger partial charge in [-0.05, 0) is 36.8 Å². The largest absolute Gasteiger partial charge is 0.334 e. The van der Waals surface area contributed by atoms with Crippen LogP contribution < -0.4 is 11.1 Å². The molecule has 0 spiro atoms. The smallest absolute Gasteiger partial charge is 0.317 e. The number of hydrogen-bond acceptors (Lipinski definition) is 3. The van der Waals surface area contributed by atoms with Gasteiger partial charge in [-0.3, -0.25) is 4.98 Å². The van der Waals surface area contributed by atoms with E-state index in [0.717, 1.165) is 30.5 Å². The zero-order chi connectivity index (χ0) is 13.5. The highest BCUT2D eigenvalue weighted by molar-refractivity contribution is 5.75. The number of urea groups is 1. The molecule has 5 heteroatoms. The lowest BCUT2D eigenvalue weighted by Crippen LogP contribution is -2.55. The maximum Gasteiger partial charge on any atom is 0.317 e. The predicted molar refractivity (Wildman–Crippen MR) is 72.4 cm³/mol. The summed E-state index contributed by atoms with van der Waals surface area (Å²) in [5, 5.41) is 2.95. The van der Waals surface area contributed by atoms with Gasteiger partial charge >= 0.3 is 6.03 Å². The van der Waals surface area contributed by atoms with Gasteiger partial charge in [-0.2, -0.15) is 0 Å². The summed E-state index contributed by atoms with van der Waals surface area (Å²) in [6.45, 7) is 4.00. The minimum atomic E-state index is -0.109. The molecule has 5 nitrogen and oxygen atoms in total. The van der Waals surface area contributed by atoms with Crippen molar-refractivity contribution in [2.75, 3.05) is 13.1 Å². The van der Waals surface area contributed by atoms with Gasteiger partial charge in [0.15, 0.2) is 0 Å². The molecule has 2 fully saturated rings. The van der Waals surface area contributed by atoms with Crippen LogP contribution in [0.3, 0.4) is 0 Å². The van der Waals surface area contributed by atoms with Crippen molar-refractivity contribution in [3.8, 4) is 0 Å². The average molecular weight is 260 g/mol. The minimum Gasteiger partial charge on any atom is -0.334 e. The SMILES string of the molecule is Cc1cncc(CNC(=O)N2C[C@@H]3CC[C@]3(N)C2)c1. The van der Waals surface area contributed by atoms with Crippen LogP contribution in [-0.4, -0.2) is 34.5 Å². The fourth-order valence-electron chi connectivity index (χ4n) is 3.04. The Morgan fingerprint density at radius 2 is 2.47 bits per heavy atom. The number of aryl methyl sites for hydroxylation is 1. The Labute approximate surface area is 113 Å². The number of nitrogens with two attached hydrogens (primary N) is 1. The number of amides is 2. The molecular formula is C14H20N4O. The maximum atomic E-state index is 12.1. The molecule has 0 unspecified atom stereocenters. The first-order chi connectivity index (χ1) is 9.07. The normalized spacial score (nSPS) is 28.7. The van der Waals surface area contributed by atoms with Gasteiger partial charge < -0.3 is 16.0 Å². The molecule has 1 saturated heterocycles. The molecular weight excluding hydrogens is 240 g/mol. The summed E-state index contributed by atoms with van der Waals surface area (Å²) in [4.78, 5) is 18.1. The Kier molecular flexibility index (Phi) is 2.93. The van der Waals surface area contributed by atoms with Crippen LogP contribution in [-0.2, 0) is 6.54 Å². The topological polar surface area (TPSA) is 71.2 Å². The Balaban J connectivity index is 1.55. The van der Waals surface area contributed by atoms with Crippen LogP contribution in [0.25, 0.3) is 0 Å². The van der Waals surface area contributed by atoms with Gasteiger partial charge in [0.2, 0.25) is 0 Å². The zero-order valence-electron chi connectivity index (χ0n) is 11.2. The number of carbonyl (C=O) groups is 1. The number of nitrogens with one attached hydrogen (secondary N) is 1. The molecule has 3 N–H and O–H groups in total. The Bertz CT molecular complexity index is 504. The summed E-state index contributed by atoms with van der Waals surface area (Å²) in [6.07, 6.45) is 5.79. The standard InChI is InChI=1S/C14H20N4O/c1-10-4-11(6-16-5-10)7-17-13(19)18-8-12-2-3-14(12,15)9-18/h4-6,12H,2-3,7-9,15H2,1H3,(H,17,19)/t12-,14-/m0/s1. The molecule has 3 rings (SSSR count). The first-order valence-corrected chi connectivity index (χ1v) is 6.79. The summed E-state index contributed by atoms with van der Waals surface area (Å²) in [7, 11) is 0. The van der Waals surface area contributed by atoms with E-state index in [9.17, 15) is 4.79 Å². The van der Waals surface area contributed by atoms with Crippen LogP contribution in [0.1, 0.15) is 24.0 Å². The Morgan fingerprint density at radius 1 is 1.63 bits per heavy atom. The fraction of sp³-hybridized carbons (Fsp3) is 0.571. The van der Waals surface area contributed by atoms with Crippen LogP contribution in [0.4, 0.5) is 4.79 Å². The molecule has 102 valence electrons. The third-order valence-corrected chi connectivity index (χ3v) is 4.36. The molecule has 1 aliphatic carbocycles. The van der Waals surface area contributed by atoms with Crippen LogP contribution in [0, 0.1) is 12.8 Å². The number of aromatic nitrogens is 1. The molecule has 0 aromatic carbocycles. The first kappa shape index (κ1) is 12.4. The zero-order valence-corrected chi connectivity index (χ0v) is 11.2. The van der Waals surface area contributed by atoms with Crippen LogP contribution in [0.5, 0.6) is 0 Å². The molecule has 2 atom stereocenters. The van der Waals surface area contributed by atoms with Crippen LogP contribution in [0.15, 0.2) is 18.5 Å². The van der Waals surface area contributed by atoms with Gasteiger partial charge in [0.25, 0.3) is 0 Å². The Morgan fingerprint density at radius 3 is 3.05 bits per heavy atom. The summed E-state index contributed by atoms with van der Waals surface area (Å²) in [5.74, 6) is 0.499. The third-order valence-electron chi connectivity index (χ3n) is 4.36. The van der Waals surface area contributed by atoms with Crippen molar-refractivity contribution in [2.24, 2.45) is 11.7 Å². The maximum absolute atomic E-state index is 12.1. The minimum absolute atomic E-state index is 0.0132. The second kappa shape index (κ2) is 4.49. The van der Waals surface area contributed by atoms with Crippen LogP contribution >= 0.6 is 0 Å². The third kappa shape index (κ3) is 2.30. The summed E-state index contributed by atoms with van der Waals surface area (Å²) >= 11 is 0. The van der Waals surface area contributed by atoms with Gasteiger partial charge in [-0.15, -0.1) is 0 Å². The molecule has 2 aliphatic rings. The average Bonchev–Trinajstić information content (AvgIpc) is 2.60. The van der Waals surface area contributed by atoms with Crippen molar-refractivity contribution in [3.63, 3.8) is 0 Å². The molecule has 1 aromatic rings. The van der Waals surface area contributed by atoms with E-state index in [1.54, 1.807) is 6.20 Å². The highest BCUT2D eigenvalue weighted by atomic mass is 16.2. The van der Waals surface area contributed by atoms with Gasteiger partial charge in [0.05, 0.1) is 0 Å². The lowest BCUT2D eigenvalue weighted by Gasteiger charge is -2.39. The van der Waals surface area contributed by atoms with E-state index < -0.39 is 0 Å². The van der Waals surface area contributed by atoms with Crippen molar-refractivity contribution in [1.29, 1.82) is 0 Å². The second-order valence-electron chi connectivity index (χ2n) is 5.88. The lowest BCUT2D eigenvalue weighted by molar-refractivity contribution is 0.187. The van der Waals surface area contributed by atoms with Crippen molar-refractivity contribution < 1.29 is 4.79 Å². The molecule has 1 saturated carbocycles. The molecule has 19 heavy (non-hydrogen) atoms. The highest BCUT2D eigenvalue weighted by Gasteiger charge is 2.51. The van der Waals surface area contributed by atoms with Crippen molar-refractivity contribution in [3.05, 3.63) is 29.6 Å². The number of rotatable bonds is 2. The molecule has 0 bridgehead atoms. The van der Waals surface area contributed by atoms with E-state index in [0.29, 0.717) is 19.0 Å². The number of carbonyl (C=O) groups excluding carboxylic acids is 1. The molecule has 0 radical (unpaired) electrons. The van der Waals surface area contributed by atoms with Gasteiger partial charge in [0, 0.05) is 37.6 Å². The quantitative estimate of drug-likeness (QED) is 0.834. The molecule has 2 heterocycles. The predicted octanol–water partition coefficient (Wildman–Crippen LogP) is 1.02. The van der Waals surface area contributed by atoms with Gasteiger partial charge in [-0.25, -0.2) is 4.79 Å². The van der Waals surface area contributed by atoms with E-state index in [2.05, 4.69) is 10.3 Å². The molecule has 1 aliphatic heterocycles. The summed E-state index contributed by atoms with van der Waals surface area (Å²) in [6, 6.07) is 2.02. The van der Waals surface area contributed by atoms with Crippen LogP contribution in [0.2, 0.25) is 0 Å². The van der Waals surface area contributed by atoms with Crippen molar-refractivity contribution in [1.82, 2.24) is 15.2 Å². The van der Waals surface area contributed by atoms with Crippen molar-refractivity contribution >= 4 is 6.03 Å². The summed E-state index contributed by atoms with van der Waals surface area (Å²) < 4.78 is 0. The lowest BCUT2D eigenvalue weighted by atomic mass is 9.70. The van der Waals surface area contributed by atoms with Gasteiger partial charge in [0.1, 0.15) is 0 Å². The van der Waals surface area contributed by atoms with E-state index >= 15 is 0 Å². The highest BCUT2D eigenvalue weighted by Crippen LogP contribution is 2.42. The van der Waals surface area contributed by atoms with Crippen molar-refractivity contribution in [2.45, 2.75) is 31.8 Å². The second-order valence-corrected chi connectivity index (χ2v) is 5.88. The Hall–Kier alpha value is -1.62. The fourth-order valence-corrected chi connectivity index (χ4v) is 3.04. The molecule has 1 aromatic heterocycles. The number of hydrogen-bond donors (Lipinski definition) is 2. The number of pyridine rings is 1. The number of fused-ring (bicyclic) bond motifs is 1. The van der Waals surface area contributed by atoms with E-state index in [-0.39, 0.29) is 11.6 Å². The monoisotopic (exact) mass is 260 g/mol. The summed E-state index contributed by atoms with van der Waals surface area (Å²) in [5.41, 5.74) is 8.25. The van der Waals surface area contributed by atoms with E-state index in [4.69, 9.17) is 5.73 Å². The van der Waals surface area contributed by atoms with E-state index in [1.165, 1.54) is 0 Å².